The third-order valence-electron chi connectivity index (χ3n) is 5.29. The summed E-state index contributed by atoms with van der Waals surface area (Å²) in [6, 6.07) is 17.8. The summed E-state index contributed by atoms with van der Waals surface area (Å²) < 4.78 is 17.4. The number of alkyl carbamates (subject to hydrolysis) is 1. The van der Waals surface area contributed by atoms with E-state index in [1.54, 1.807) is 31.2 Å². The monoisotopic (exact) mass is 536 g/mol. The fourth-order valence-corrected chi connectivity index (χ4v) is 3.59. The van der Waals surface area contributed by atoms with Crippen LogP contribution in [-0.4, -0.2) is 47.3 Å². The number of carbonyl (C=O) groups is 2. The second-order valence-corrected chi connectivity index (χ2v) is 9.77. The first-order valence-electron chi connectivity index (χ1n) is 12.9. The second kappa shape index (κ2) is 14.0. The third-order valence-corrected chi connectivity index (χ3v) is 5.29. The smallest absolute Gasteiger partial charge is 0.411 e. The highest BCUT2D eigenvalue weighted by atomic mass is 16.6. The first-order chi connectivity index (χ1) is 18.6. The van der Waals surface area contributed by atoms with Gasteiger partial charge in [0.2, 0.25) is 0 Å². The minimum absolute atomic E-state index is 0.235. The summed E-state index contributed by atoms with van der Waals surface area (Å²) in [5.41, 5.74) is 2.05. The molecule has 2 aromatic carbocycles. The number of benzene rings is 2. The van der Waals surface area contributed by atoms with E-state index >= 15 is 0 Å². The number of ether oxygens (including phenoxy) is 3. The molecule has 0 aliphatic carbocycles. The van der Waals surface area contributed by atoms with Gasteiger partial charge in [0.15, 0.2) is 0 Å². The SMILES string of the molecule is CCOC(=O)Nc1cccc(Cn2nc(-c3cccc(OCCCCNC(=O)OC(C)(C)C)c3)ccc2=O)c1. The Morgan fingerprint density at radius 2 is 1.77 bits per heavy atom. The zero-order valence-electron chi connectivity index (χ0n) is 22.9. The Kier molecular flexibility index (Phi) is 10.5. The molecule has 2 N–H and O–H groups in total. The molecule has 3 aromatic rings. The van der Waals surface area contributed by atoms with Crippen LogP contribution in [0, 0.1) is 0 Å². The molecular weight excluding hydrogens is 500 g/mol. The molecule has 0 radical (unpaired) electrons. The predicted molar refractivity (Wildman–Crippen MR) is 149 cm³/mol. The van der Waals surface area contributed by atoms with Crippen LogP contribution in [0.5, 0.6) is 5.75 Å². The van der Waals surface area contributed by atoms with Crippen LogP contribution in [0.4, 0.5) is 15.3 Å². The summed E-state index contributed by atoms with van der Waals surface area (Å²) in [6.07, 6.45) is 0.548. The van der Waals surface area contributed by atoms with E-state index in [2.05, 4.69) is 15.7 Å². The van der Waals surface area contributed by atoms with E-state index in [1.165, 1.54) is 10.7 Å². The molecule has 0 saturated heterocycles. The molecule has 0 saturated carbocycles. The highest BCUT2D eigenvalue weighted by Gasteiger charge is 2.15. The average Bonchev–Trinajstić information content (AvgIpc) is 2.87. The molecule has 10 nitrogen and oxygen atoms in total. The molecule has 0 fully saturated rings. The average molecular weight is 537 g/mol. The van der Waals surface area contributed by atoms with Crippen LogP contribution in [0.25, 0.3) is 11.3 Å². The fraction of sp³-hybridized carbons (Fsp3) is 0.379. The molecule has 39 heavy (non-hydrogen) atoms. The normalized spacial score (nSPS) is 11.0. The van der Waals surface area contributed by atoms with Crippen LogP contribution < -0.4 is 20.9 Å². The Morgan fingerprint density at radius 1 is 0.974 bits per heavy atom. The molecule has 2 amide bonds. The molecule has 10 heteroatoms. The van der Waals surface area contributed by atoms with E-state index in [0.717, 1.165) is 24.0 Å². The van der Waals surface area contributed by atoms with E-state index in [4.69, 9.17) is 14.2 Å². The number of carbonyl (C=O) groups excluding carboxylic acids is 2. The summed E-state index contributed by atoms with van der Waals surface area (Å²) in [7, 11) is 0. The van der Waals surface area contributed by atoms with Gasteiger partial charge in [-0.15, -0.1) is 0 Å². The van der Waals surface area contributed by atoms with Gasteiger partial charge < -0.3 is 19.5 Å². The van der Waals surface area contributed by atoms with E-state index in [1.807, 2.05) is 51.1 Å². The molecule has 1 heterocycles. The van der Waals surface area contributed by atoms with Crippen molar-refractivity contribution >= 4 is 17.9 Å². The largest absolute Gasteiger partial charge is 0.494 e. The number of rotatable bonds is 11. The predicted octanol–water partition coefficient (Wildman–Crippen LogP) is 5.21. The lowest BCUT2D eigenvalue weighted by molar-refractivity contribution is 0.0526. The van der Waals surface area contributed by atoms with Gasteiger partial charge in [-0.25, -0.2) is 14.3 Å². The fourth-order valence-electron chi connectivity index (χ4n) is 3.59. The van der Waals surface area contributed by atoms with Gasteiger partial charge in [-0.05, 0) is 76.4 Å². The highest BCUT2D eigenvalue weighted by Crippen LogP contribution is 2.22. The molecular formula is C29H36N4O6. The maximum Gasteiger partial charge on any atom is 0.411 e. The molecule has 3 rings (SSSR count). The Hall–Kier alpha value is -4.34. The van der Waals surface area contributed by atoms with Crippen LogP contribution in [-0.2, 0) is 16.0 Å². The zero-order valence-corrected chi connectivity index (χ0v) is 22.9. The van der Waals surface area contributed by atoms with Gasteiger partial charge in [0.25, 0.3) is 5.56 Å². The number of anilines is 1. The van der Waals surface area contributed by atoms with Gasteiger partial charge in [0.05, 0.1) is 25.5 Å². The van der Waals surface area contributed by atoms with E-state index in [-0.39, 0.29) is 18.7 Å². The number of amides is 2. The maximum absolute atomic E-state index is 12.5. The van der Waals surface area contributed by atoms with Gasteiger partial charge in [-0.3, -0.25) is 10.1 Å². The van der Waals surface area contributed by atoms with Crippen molar-refractivity contribution in [1.82, 2.24) is 15.1 Å². The summed E-state index contributed by atoms with van der Waals surface area (Å²) in [4.78, 5) is 35.9. The number of hydrogen-bond donors (Lipinski definition) is 2. The van der Waals surface area contributed by atoms with Crippen molar-refractivity contribution in [2.24, 2.45) is 0 Å². The lowest BCUT2D eigenvalue weighted by atomic mass is 10.1. The molecule has 0 unspecified atom stereocenters. The number of aromatic nitrogens is 2. The van der Waals surface area contributed by atoms with Crippen molar-refractivity contribution < 1.29 is 23.8 Å². The number of hydrogen-bond acceptors (Lipinski definition) is 7. The van der Waals surface area contributed by atoms with Gasteiger partial charge in [-0.2, -0.15) is 5.10 Å². The lowest BCUT2D eigenvalue weighted by Crippen LogP contribution is -2.33. The molecule has 0 atom stereocenters. The Morgan fingerprint density at radius 3 is 2.54 bits per heavy atom. The zero-order chi connectivity index (χ0) is 28.3. The third kappa shape index (κ3) is 10.1. The standard InChI is InChI=1S/C29H36N4O6/c1-5-37-28(36)31-23-12-8-10-21(18-23)20-33-26(34)15-14-25(32-33)22-11-9-13-24(19-22)38-17-7-6-16-30-27(35)39-29(2,3)4/h8-15,18-19H,5-7,16-17,20H2,1-4H3,(H,30,35)(H,31,36). The van der Waals surface area contributed by atoms with Crippen molar-refractivity contribution in [3.05, 3.63) is 76.6 Å². The molecule has 0 spiro atoms. The van der Waals surface area contributed by atoms with Crippen LogP contribution in [0.2, 0.25) is 0 Å². The minimum Gasteiger partial charge on any atom is -0.494 e. The summed E-state index contributed by atoms with van der Waals surface area (Å²) in [5.74, 6) is 0.685. The van der Waals surface area contributed by atoms with E-state index in [0.29, 0.717) is 30.3 Å². The van der Waals surface area contributed by atoms with E-state index in [9.17, 15) is 14.4 Å². The first-order valence-corrected chi connectivity index (χ1v) is 12.9. The summed E-state index contributed by atoms with van der Waals surface area (Å²) >= 11 is 0. The Balaban J connectivity index is 1.57. The van der Waals surface area contributed by atoms with Gasteiger partial charge in [0.1, 0.15) is 11.4 Å². The molecule has 0 aliphatic heterocycles. The number of nitrogens with zero attached hydrogens (tertiary/aromatic N) is 2. The van der Waals surface area contributed by atoms with Gasteiger partial charge in [0, 0.05) is 23.9 Å². The lowest BCUT2D eigenvalue weighted by Gasteiger charge is -2.19. The van der Waals surface area contributed by atoms with Crippen molar-refractivity contribution in [1.29, 1.82) is 0 Å². The summed E-state index contributed by atoms with van der Waals surface area (Å²) in [5, 5.41) is 9.94. The quantitative estimate of drug-likeness (QED) is 0.323. The van der Waals surface area contributed by atoms with Crippen molar-refractivity contribution in [3.63, 3.8) is 0 Å². The molecule has 1 aromatic heterocycles. The summed E-state index contributed by atoms with van der Waals surface area (Å²) in [6.45, 7) is 8.71. The Labute approximate surface area is 228 Å². The molecule has 0 bridgehead atoms. The highest BCUT2D eigenvalue weighted by molar-refractivity contribution is 5.84. The van der Waals surface area contributed by atoms with Crippen LogP contribution in [0.3, 0.4) is 0 Å². The Bertz CT molecular complexity index is 1320. The molecule has 0 aliphatic rings. The maximum atomic E-state index is 12.5. The number of nitrogens with one attached hydrogen (secondary N) is 2. The van der Waals surface area contributed by atoms with Crippen molar-refractivity contribution in [2.75, 3.05) is 25.1 Å². The van der Waals surface area contributed by atoms with Crippen LogP contribution >= 0.6 is 0 Å². The first kappa shape index (κ1) is 29.2. The second-order valence-electron chi connectivity index (χ2n) is 9.77. The van der Waals surface area contributed by atoms with E-state index < -0.39 is 17.8 Å². The van der Waals surface area contributed by atoms with Crippen molar-refractivity contribution in [3.8, 4) is 17.0 Å². The topological polar surface area (TPSA) is 121 Å². The minimum atomic E-state index is -0.536. The number of unbranched alkanes of at least 4 members (excludes halogenated alkanes) is 1. The molecule has 208 valence electrons. The van der Waals surface area contributed by atoms with Crippen molar-refractivity contribution in [2.45, 2.75) is 52.7 Å². The van der Waals surface area contributed by atoms with Crippen LogP contribution in [0.15, 0.2) is 65.5 Å². The van der Waals surface area contributed by atoms with Gasteiger partial charge in [-0.1, -0.05) is 24.3 Å². The van der Waals surface area contributed by atoms with Gasteiger partial charge >= 0.3 is 12.2 Å². The van der Waals surface area contributed by atoms with Crippen LogP contribution in [0.1, 0.15) is 46.1 Å².